The van der Waals surface area contributed by atoms with E-state index in [9.17, 15) is 9.59 Å². The highest BCUT2D eigenvalue weighted by atomic mass is 16.4. The SMILES string of the molecule is O=C(O)N1CCC(N2CCNC2=O)CC1. The smallest absolute Gasteiger partial charge is 0.407 e. The molecule has 2 fully saturated rings. The Kier molecular flexibility index (Phi) is 2.66. The van der Waals surface area contributed by atoms with Crippen LogP contribution >= 0.6 is 0 Å². The Morgan fingerprint density at radius 1 is 1.33 bits per heavy atom. The number of carbonyl (C=O) groups excluding carboxylic acids is 1. The molecule has 84 valence electrons. The van der Waals surface area contributed by atoms with Crippen molar-refractivity contribution in [1.29, 1.82) is 0 Å². The molecule has 0 aliphatic carbocycles. The second-order valence-electron chi connectivity index (χ2n) is 3.93. The van der Waals surface area contributed by atoms with E-state index in [2.05, 4.69) is 5.32 Å². The van der Waals surface area contributed by atoms with Gasteiger partial charge in [0, 0.05) is 32.2 Å². The van der Waals surface area contributed by atoms with Crippen molar-refractivity contribution < 1.29 is 14.7 Å². The zero-order valence-electron chi connectivity index (χ0n) is 8.48. The van der Waals surface area contributed by atoms with Gasteiger partial charge < -0.3 is 20.2 Å². The molecule has 0 radical (unpaired) electrons. The Morgan fingerprint density at radius 2 is 2.00 bits per heavy atom. The van der Waals surface area contributed by atoms with E-state index in [1.807, 2.05) is 4.90 Å². The molecule has 0 saturated carbocycles. The van der Waals surface area contributed by atoms with E-state index < -0.39 is 6.09 Å². The summed E-state index contributed by atoms with van der Waals surface area (Å²) in [6.07, 6.45) is 0.638. The molecule has 2 N–H and O–H groups in total. The Labute approximate surface area is 87.8 Å². The van der Waals surface area contributed by atoms with Gasteiger partial charge in [0.25, 0.3) is 0 Å². The van der Waals surface area contributed by atoms with Gasteiger partial charge in [-0.05, 0) is 12.8 Å². The number of carbonyl (C=O) groups is 2. The van der Waals surface area contributed by atoms with Crippen molar-refractivity contribution in [2.75, 3.05) is 26.2 Å². The summed E-state index contributed by atoms with van der Waals surface area (Å²) < 4.78 is 0. The first-order valence-corrected chi connectivity index (χ1v) is 5.21. The molecule has 0 spiro atoms. The van der Waals surface area contributed by atoms with E-state index in [4.69, 9.17) is 5.11 Å². The van der Waals surface area contributed by atoms with Gasteiger partial charge in [0.05, 0.1) is 0 Å². The summed E-state index contributed by atoms with van der Waals surface area (Å²) in [6.45, 7) is 2.52. The summed E-state index contributed by atoms with van der Waals surface area (Å²) in [6, 6.07) is 0.201. The minimum atomic E-state index is -0.862. The number of nitrogens with one attached hydrogen (secondary N) is 1. The van der Waals surface area contributed by atoms with Gasteiger partial charge in [0.2, 0.25) is 0 Å². The number of carboxylic acid groups (broad SMARTS) is 1. The van der Waals surface area contributed by atoms with Crippen LogP contribution in [0.4, 0.5) is 9.59 Å². The Morgan fingerprint density at radius 3 is 2.47 bits per heavy atom. The van der Waals surface area contributed by atoms with E-state index in [1.54, 1.807) is 0 Å². The molecule has 15 heavy (non-hydrogen) atoms. The average molecular weight is 213 g/mol. The normalized spacial score (nSPS) is 23.1. The molecule has 0 unspecified atom stereocenters. The van der Waals surface area contributed by atoms with Gasteiger partial charge in [0.1, 0.15) is 0 Å². The quantitative estimate of drug-likeness (QED) is 0.651. The second-order valence-corrected chi connectivity index (χ2v) is 3.93. The minimum absolute atomic E-state index is 0.0104. The molecule has 0 atom stereocenters. The molecular weight excluding hydrogens is 198 g/mol. The fraction of sp³-hybridized carbons (Fsp3) is 0.778. The van der Waals surface area contributed by atoms with Crippen LogP contribution in [0.5, 0.6) is 0 Å². The first-order valence-electron chi connectivity index (χ1n) is 5.21. The maximum Gasteiger partial charge on any atom is 0.407 e. The van der Waals surface area contributed by atoms with Crippen LogP contribution in [0.2, 0.25) is 0 Å². The fourth-order valence-electron chi connectivity index (χ4n) is 2.20. The number of urea groups is 1. The van der Waals surface area contributed by atoms with Crippen LogP contribution in [0.3, 0.4) is 0 Å². The van der Waals surface area contributed by atoms with Gasteiger partial charge in [-0.3, -0.25) is 0 Å². The zero-order chi connectivity index (χ0) is 10.8. The van der Waals surface area contributed by atoms with Gasteiger partial charge in [0.15, 0.2) is 0 Å². The van der Waals surface area contributed by atoms with Gasteiger partial charge in [-0.1, -0.05) is 0 Å². The topological polar surface area (TPSA) is 72.9 Å². The van der Waals surface area contributed by atoms with Crippen molar-refractivity contribution >= 4 is 12.1 Å². The van der Waals surface area contributed by atoms with Gasteiger partial charge in [-0.15, -0.1) is 0 Å². The number of likely N-dealkylation sites (tertiary alicyclic amines) is 1. The molecule has 3 amide bonds. The maximum absolute atomic E-state index is 11.4. The largest absolute Gasteiger partial charge is 0.465 e. The van der Waals surface area contributed by atoms with Crippen molar-refractivity contribution in [1.82, 2.24) is 15.1 Å². The first kappa shape index (κ1) is 10.1. The maximum atomic E-state index is 11.4. The number of hydrogen-bond acceptors (Lipinski definition) is 2. The summed E-state index contributed by atoms with van der Waals surface area (Å²) in [5, 5.41) is 11.5. The number of piperidine rings is 1. The number of amides is 3. The number of hydrogen-bond donors (Lipinski definition) is 2. The van der Waals surface area contributed by atoms with E-state index in [0.29, 0.717) is 19.6 Å². The van der Waals surface area contributed by atoms with Crippen LogP contribution in [0.15, 0.2) is 0 Å². The van der Waals surface area contributed by atoms with E-state index >= 15 is 0 Å². The molecule has 2 aliphatic heterocycles. The summed E-state index contributed by atoms with van der Waals surface area (Å²) >= 11 is 0. The summed E-state index contributed by atoms with van der Waals surface area (Å²) in [7, 11) is 0. The molecule has 0 aromatic heterocycles. The van der Waals surface area contributed by atoms with Crippen molar-refractivity contribution in [3.63, 3.8) is 0 Å². The van der Waals surface area contributed by atoms with Crippen LogP contribution in [0.25, 0.3) is 0 Å². The molecule has 0 bridgehead atoms. The summed E-state index contributed by atoms with van der Waals surface area (Å²) in [4.78, 5) is 25.3. The van der Waals surface area contributed by atoms with E-state index in [-0.39, 0.29) is 12.1 Å². The van der Waals surface area contributed by atoms with Gasteiger partial charge in [-0.25, -0.2) is 9.59 Å². The summed E-state index contributed by atoms with van der Waals surface area (Å²) in [5.74, 6) is 0. The second kappa shape index (κ2) is 3.96. The molecule has 2 saturated heterocycles. The third-order valence-electron chi connectivity index (χ3n) is 3.07. The minimum Gasteiger partial charge on any atom is -0.465 e. The van der Waals surface area contributed by atoms with Crippen LogP contribution in [0, 0.1) is 0 Å². The van der Waals surface area contributed by atoms with Crippen LogP contribution in [-0.2, 0) is 0 Å². The molecule has 0 aromatic carbocycles. The highest BCUT2D eigenvalue weighted by Crippen LogP contribution is 2.18. The van der Waals surface area contributed by atoms with Crippen LogP contribution in [0.1, 0.15) is 12.8 Å². The Hall–Kier alpha value is -1.46. The number of nitrogens with zero attached hydrogens (tertiary/aromatic N) is 2. The predicted molar refractivity (Wildman–Crippen MR) is 52.7 cm³/mol. The molecule has 6 nitrogen and oxygen atoms in total. The zero-order valence-corrected chi connectivity index (χ0v) is 8.48. The Balaban J connectivity index is 1.87. The molecule has 2 aliphatic rings. The van der Waals surface area contributed by atoms with Crippen molar-refractivity contribution in [3.8, 4) is 0 Å². The predicted octanol–water partition coefficient (Wildman–Crippen LogP) is 0.154. The molecule has 2 heterocycles. The lowest BCUT2D eigenvalue weighted by molar-refractivity contribution is 0.111. The lowest BCUT2D eigenvalue weighted by Crippen LogP contribution is -2.47. The Bertz CT molecular complexity index is 274. The highest BCUT2D eigenvalue weighted by Gasteiger charge is 2.31. The monoisotopic (exact) mass is 213 g/mol. The van der Waals surface area contributed by atoms with E-state index in [0.717, 1.165) is 19.4 Å². The first-order chi connectivity index (χ1) is 7.18. The summed E-state index contributed by atoms with van der Waals surface area (Å²) in [5.41, 5.74) is 0. The number of rotatable bonds is 1. The van der Waals surface area contributed by atoms with Gasteiger partial charge >= 0.3 is 12.1 Å². The van der Waals surface area contributed by atoms with E-state index in [1.165, 1.54) is 4.90 Å². The molecule has 6 heteroatoms. The van der Waals surface area contributed by atoms with Crippen LogP contribution < -0.4 is 5.32 Å². The molecule has 2 rings (SSSR count). The van der Waals surface area contributed by atoms with Crippen LogP contribution in [-0.4, -0.2) is 59.3 Å². The fourth-order valence-corrected chi connectivity index (χ4v) is 2.20. The lowest BCUT2D eigenvalue weighted by Gasteiger charge is -2.34. The van der Waals surface area contributed by atoms with Crippen molar-refractivity contribution in [3.05, 3.63) is 0 Å². The van der Waals surface area contributed by atoms with Gasteiger partial charge in [-0.2, -0.15) is 0 Å². The lowest BCUT2D eigenvalue weighted by atomic mass is 10.0. The van der Waals surface area contributed by atoms with Crippen molar-refractivity contribution in [2.24, 2.45) is 0 Å². The average Bonchev–Trinajstić information content (AvgIpc) is 2.65. The molecular formula is C9H15N3O3. The highest BCUT2D eigenvalue weighted by molar-refractivity contribution is 5.76. The third-order valence-corrected chi connectivity index (χ3v) is 3.07. The third kappa shape index (κ3) is 1.98. The molecule has 0 aromatic rings. The standard InChI is InChI=1S/C9H15N3O3/c13-8-10-3-6-12(8)7-1-4-11(5-2-7)9(14)15/h7H,1-6H2,(H,10,13)(H,14,15). The van der Waals surface area contributed by atoms with Crippen molar-refractivity contribution in [2.45, 2.75) is 18.9 Å².